The smallest absolute Gasteiger partial charge is 0.0313 e. The number of hydrogen-bond acceptors (Lipinski definition) is 1. The Kier molecular flexibility index (Phi) is 14.5. The molecule has 0 saturated heterocycles. The zero-order valence-electron chi connectivity index (χ0n) is 7.34. The van der Waals surface area contributed by atoms with Gasteiger partial charge in [-0.15, -0.1) is 0 Å². The van der Waals surface area contributed by atoms with Crippen LogP contribution in [0.25, 0.3) is 0 Å². The van der Waals surface area contributed by atoms with Crippen LogP contribution < -0.4 is 5.73 Å². The van der Waals surface area contributed by atoms with Gasteiger partial charge in [-0.2, -0.15) is 0 Å². The summed E-state index contributed by atoms with van der Waals surface area (Å²) in [6.45, 7) is 4.00. The van der Waals surface area contributed by atoms with Crippen LogP contribution in [0.2, 0.25) is 0 Å². The molecule has 0 aromatic heterocycles. The molecular formula is C9H16BrN. The van der Waals surface area contributed by atoms with E-state index in [4.69, 9.17) is 5.73 Å². The first-order chi connectivity index (χ1) is 5.39. The Morgan fingerprint density at radius 3 is 1.55 bits per heavy atom. The van der Waals surface area contributed by atoms with Gasteiger partial charge in [-0.05, 0) is 18.0 Å². The van der Waals surface area contributed by atoms with Crippen molar-refractivity contribution in [3.05, 3.63) is 30.3 Å². The Morgan fingerprint density at radius 1 is 1.00 bits per heavy atom. The molecule has 0 unspecified atom stereocenters. The fourth-order valence-electron chi connectivity index (χ4n) is 0.453. The van der Waals surface area contributed by atoms with Gasteiger partial charge < -0.3 is 5.73 Å². The monoisotopic (exact) mass is 217 g/mol. The summed E-state index contributed by atoms with van der Waals surface area (Å²) in [6.07, 6.45) is 0. The number of alkyl halides is 1. The first-order valence-corrected chi connectivity index (χ1v) is 5.16. The predicted octanol–water partition coefficient (Wildman–Crippen LogP) is 3.31. The third kappa shape index (κ3) is 9.50. The third-order valence-corrected chi connectivity index (χ3v) is 0.800. The summed E-state index contributed by atoms with van der Waals surface area (Å²) in [7, 11) is 0. The molecule has 2 N–H and O–H groups in total. The topological polar surface area (TPSA) is 26.0 Å². The van der Waals surface area contributed by atoms with Crippen molar-refractivity contribution < 1.29 is 0 Å². The van der Waals surface area contributed by atoms with Gasteiger partial charge in [-0.1, -0.05) is 48.0 Å². The van der Waals surface area contributed by atoms with Crippen molar-refractivity contribution in [2.24, 2.45) is 0 Å². The third-order valence-electron chi connectivity index (χ3n) is 0.800. The molecule has 0 radical (unpaired) electrons. The molecule has 0 aliphatic heterocycles. The minimum Gasteiger partial charge on any atom is -0.399 e. The molecule has 0 spiro atoms. The number of benzene rings is 1. The summed E-state index contributed by atoms with van der Waals surface area (Å²) >= 11 is 2.94. The molecule has 0 aliphatic carbocycles. The van der Waals surface area contributed by atoms with Gasteiger partial charge in [-0.3, -0.25) is 0 Å². The molecule has 64 valence electrons. The summed E-state index contributed by atoms with van der Waals surface area (Å²) < 4.78 is 0. The summed E-state index contributed by atoms with van der Waals surface area (Å²) in [5, 5.41) is 0. The minimum atomic E-state index is 0.822. The van der Waals surface area contributed by atoms with E-state index in [0.717, 1.165) is 5.69 Å². The Hall–Kier alpha value is -0.500. The lowest BCUT2D eigenvalue weighted by Crippen LogP contribution is -1.79. The van der Waals surface area contributed by atoms with E-state index in [1.165, 1.54) is 0 Å². The molecule has 1 nitrogen and oxygen atoms in total. The molecule has 1 aromatic carbocycles. The second kappa shape index (κ2) is 12.2. The van der Waals surface area contributed by atoms with Crippen LogP contribution in [0.4, 0.5) is 5.69 Å². The zero-order valence-corrected chi connectivity index (χ0v) is 8.93. The Labute approximate surface area is 77.7 Å². The Morgan fingerprint density at radius 2 is 1.36 bits per heavy atom. The van der Waals surface area contributed by atoms with Crippen LogP contribution in [0.1, 0.15) is 13.8 Å². The van der Waals surface area contributed by atoms with E-state index in [1.807, 2.05) is 50.0 Å². The molecule has 0 aliphatic rings. The molecule has 0 bridgehead atoms. The van der Waals surface area contributed by atoms with Crippen molar-refractivity contribution in [1.82, 2.24) is 0 Å². The van der Waals surface area contributed by atoms with E-state index in [0.29, 0.717) is 0 Å². The van der Waals surface area contributed by atoms with Gasteiger partial charge in [0.25, 0.3) is 0 Å². The maximum Gasteiger partial charge on any atom is 0.0313 e. The molecule has 1 rings (SSSR count). The average molecular weight is 218 g/mol. The number of halogens is 1. The highest BCUT2D eigenvalue weighted by atomic mass is 79.9. The van der Waals surface area contributed by atoms with Crippen molar-refractivity contribution in [1.29, 1.82) is 0 Å². The first-order valence-electron chi connectivity index (χ1n) is 3.58. The lowest BCUT2D eigenvalue weighted by molar-refractivity contribution is 1.50. The van der Waals surface area contributed by atoms with Crippen LogP contribution in [0.5, 0.6) is 0 Å². The second-order valence-electron chi connectivity index (χ2n) is 1.41. The average Bonchev–Trinajstić information content (AvgIpc) is 2.13. The molecule has 0 heterocycles. The maximum atomic E-state index is 5.36. The Bertz CT molecular complexity index is 139. The van der Waals surface area contributed by atoms with Crippen LogP contribution >= 0.6 is 15.9 Å². The predicted molar refractivity (Wildman–Crippen MR) is 57.1 cm³/mol. The van der Waals surface area contributed by atoms with Gasteiger partial charge in [0.1, 0.15) is 0 Å². The molecule has 11 heavy (non-hydrogen) atoms. The molecule has 0 atom stereocenters. The molecule has 2 heteroatoms. The highest BCUT2D eigenvalue weighted by Crippen LogP contribution is 1.95. The zero-order chi connectivity index (χ0) is 9.11. The summed E-state index contributed by atoms with van der Waals surface area (Å²) in [6, 6.07) is 9.49. The summed E-state index contributed by atoms with van der Waals surface area (Å²) in [5.41, 5.74) is 6.18. The van der Waals surface area contributed by atoms with Crippen LogP contribution in [0.15, 0.2) is 30.3 Å². The normalized spacial score (nSPS) is 6.55. The van der Waals surface area contributed by atoms with Crippen molar-refractivity contribution in [3.63, 3.8) is 0 Å². The molecule has 0 saturated carbocycles. The van der Waals surface area contributed by atoms with E-state index in [-0.39, 0.29) is 0 Å². The van der Waals surface area contributed by atoms with E-state index >= 15 is 0 Å². The van der Waals surface area contributed by atoms with E-state index in [9.17, 15) is 0 Å². The number of para-hydroxylation sites is 1. The first kappa shape index (κ1) is 13.1. The number of nitrogen functional groups attached to an aromatic ring is 1. The molecule has 0 amide bonds. The highest BCUT2D eigenvalue weighted by molar-refractivity contribution is 9.08. The molecule has 1 aromatic rings. The van der Waals surface area contributed by atoms with Gasteiger partial charge in [0.05, 0.1) is 0 Å². The van der Waals surface area contributed by atoms with Gasteiger partial charge in [0.2, 0.25) is 0 Å². The number of anilines is 1. The lowest BCUT2D eigenvalue weighted by Gasteiger charge is -1.83. The molecular weight excluding hydrogens is 202 g/mol. The van der Waals surface area contributed by atoms with Crippen molar-refractivity contribution in [3.8, 4) is 0 Å². The Balaban J connectivity index is 0. The minimum absolute atomic E-state index is 0.822. The summed E-state index contributed by atoms with van der Waals surface area (Å²) in [5.74, 6) is 1.81. The maximum absolute atomic E-state index is 5.36. The van der Waals surface area contributed by atoms with Crippen molar-refractivity contribution in [2.45, 2.75) is 13.8 Å². The van der Waals surface area contributed by atoms with Crippen molar-refractivity contribution >= 4 is 21.6 Å². The second-order valence-corrected chi connectivity index (χ2v) is 1.41. The van der Waals surface area contributed by atoms with E-state index < -0.39 is 0 Å². The number of rotatable bonds is 0. The standard InChI is InChI=1S/C6H7N.C2H6.CH3Br/c7-6-4-2-1-3-5-6;2*1-2/h1-5H,7H2;1-2H3;1H3. The van der Waals surface area contributed by atoms with Crippen LogP contribution in [0, 0.1) is 0 Å². The van der Waals surface area contributed by atoms with Crippen molar-refractivity contribution in [2.75, 3.05) is 11.6 Å². The van der Waals surface area contributed by atoms with Gasteiger partial charge >= 0.3 is 0 Å². The van der Waals surface area contributed by atoms with E-state index in [2.05, 4.69) is 15.9 Å². The quantitative estimate of drug-likeness (QED) is 0.524. The molecule has 0 fully saturated rings. The van der Waals surface area contributed by atoms with Gasteiger partial charge in [-0.25, -0.2) is 0 Å². The van der Waals surface area contributed by atoms with Crippen LogP contribution in [-0.2, 0) is 0 Å². The fraction of sp³-hybridized carbons (Fsp3) is 0.333. The summed E-state index contributed by atoms with van der Waals surface area (Å²) in [4.78, 5) is 0. The van der Waals surface area contributed by atoms with Gasteiger partial charge in [0.15, 0.2) is 0 Å². The number of hydrogen-bond donors (Lipinski definition) is 1. The van der Waals surface area contributed by atoms with Crippen LogP contribution in [0.3, 0.4) is 0 Å². The van der Waals surface area contributed by atoms with Crippen LogP contribution in [-0.4, -0.2) is 5.83 Å². The largest absolute Gasteiger partial charge is 0.399 e. The fourth-order valence-corrected chi connectivity index (χ4v) is 0.453. The lowest BCUT2D eigenvalue weighted by atomic mass is 10.3. The number of nitrogens with two attached hydrogens (primary N) is 1. The van der Waals surface area contributed by atoms with Gasteiger partial charge in [0, 0.05) is 5.69 Å². The van der Waals surface area contributed by atoms with E-state index in [1.54, 1.807) is 0 Å². The SMILES string of the molecule is CBr.CC.Nc1ccccc1. The highest BCUT2D eigenvalue weighted by Gasteiger charge is 1.72.